The van der Waals surface area contributed by atoms with Crippen LogP contribution in [0, 0.1) is 0 Å². The van der Waals surface area contributed by atoms with E-state index in [1.807, 2.05) is 47.8 Å². The Kier molecular flexibility index (Phi) is 3.39. The first-order valence-electron chi connectivity index (χ1n) is 5.25. The zero-order chi connectivity index (χ0) is 11.4. The molecule has 2 aromatic rings. The fraction of sp³-hybridized carbons (Fsp3) is 0.231. The van der Waals surface area contributed by atoms with Gasteiger partial charge in [0.05, 0.1) is 0 Å². The van der Waals surface area contributed by atoms with Crippen LogP contribution in [0.15, 0.2) is 47.8 Å². The van der Waals surface area contributed by atoms with Crippen molar-refractivity contribution in [2.45, 2.75) is 12.0 Å². The summed E-state index contributed by atoms with van der Waals surface area (Å²) in [5.41, 5.74) is 5.64. The number of benzene rings is 1. The molecule has 0 aliphatic rings. The van der Waals surface area contributed by atoms with E-state index >= 15 is 0 Å². The van der Waals surface area contributed by atoms with E-state index in [2.05, 4.69) is 0 Å². The van der Waals surface area contributed by atoms with Gasteiger partial charge in [0.15, 0.2) is 0 Å². The Bertz CT molecular complexity index is 426. The highest BCUT2D eigenvalue weighted by Crippen LogP contribution is 2.26. The van der Waals surface area contributed by atoms with Crippen molar-refractivity contribution in [1.29, 1.82) is 0 Å². The molecule has 0 bridgehead atoms. The third-order valence-corrected chi connectivity index (χ3v) is 3.57. The molecule has 2 rings (SSSR count). The second-order valence-electron chi connectivity index (χ2n) is 3.86. The molecule has 0 radical (unpaired) electrons. The van der Waals surface area contributed by atoms with Crippen LogP contribution in [-0.4, -0.2) is 11.7 Å². The fourth-order valence-electron chi connectivity index (χ4n) is 1.74. The molecule has 1 heterocycles. The molecule has 0 aliphatic carbocycles. The van der Waals surface area contributed by atoms with Crippen molar-refractivity contribution in [1.82, 2.24) is 0 Å². The Morgan fingerprint density at radius 1 is 1.12 bits per heavy atom. The monoisotopic (exact) mass is 233 g/mol. The van der Waals surface area contributed by atoms with Gasteiger partial charge in [0.1, 0.15) is 5.60 Å². The van der Waals surface area contributed by atoms with Gasteiger partial charge in [0.25, 0.3) is 0 Å². The quantitative estimate of drug-likeness (QED) is 0.850. The highest BCUT2D eigenvalue weighted by molar-refractivity contribution is 7.09. The van der Waals surface area contributed by atoms with Gasteiger partial charge in [0.2, 0.25) is 0 Å². The normalized spacial score (nSPS) is 14.6. The van der Waals surface area contributed by atoms with Crippen molar-refractivity contribution in [2.75, 3.05) is 6.54 Å². The summed E-state index contributed by atoms with van der Waals surface area (Å²) in [6.07, 6.45) is 0.575. The van der Waals surface area contributed by atoms with Crippen LogP contribution in [0.4, 0.5) is 0 Å². The molecule has 1 atom stereocenters. The number of hydrogen-bond donors (Lipinski definition) is 2. The molecule has 0 amide bonds. The first-order valence-corrected chi connectivity index (χ1v) is 6.13. The zero-order valence-electron chi connectivity index (χ0n) is 8.97. The van der Waals surface area contributed by atoms with Crippen molar-refractivity contribution >= 4 is 11.3 Å². The molecule has 3 heteroatoms. The molecule has 1 unspecified atom stereocenters. The predicted octanol–water partition coefficient (Wildman–Crippen LogP) is 2.14. The van der Waals surface area contributed by atoms with E-state index in [9.17, 15) is 5.11 Å². The lowest BCUT2D eigenvalue weighted by atomic mass is 9.90. The van der Waals surface area contributed by atoms with Crippen LogP contribution < -0.4 is 5.73 Å². The standard InChI is InChI=1S/C13H15NOS/c14-10-13(15,9-12-7-4-8-16-12)11-5-2-1-3-6-11/h1-8,15H,9-10,14H2. The van der Waals surface area contributed by atoms with Crippen molar-refractivity contribution < 1.29 is 5.11 Å². The number of rotatable bonds is 4. The van der Waals surface area contributed by atoms with Gasteiger partial charge in [-0.25, -0.2) is 0 Å². The van der Waals surface area contributed by atoms with E-state index in [1.54, 1.807) is 11.3 Å². The van der Waals surface area contributed by atoms with Crippen LogP contribution >= 0.6 is 11.3 Å². The van der Waals surface area contributed by atoms with Crippen LogP contribution in [0.25, 0.3) is 0 Å². The summed E-state index contributed by atoms with van der Waals surface area (Å²) in [6.45, 7) is 0.231. The number of thiophene rings is 1. The summed E-state index contributed by atoms with van der Waals surface area (Å²) in [5, 5.41) is 12.6. The Morgan fingerprint density at radius 3 is 2.44 bits per heavy atom. The minimum absolute atomic E-state index is 0.231. The van der Waals surface area contributed by atoms with Crippen LogP contribution in [0.5, 0.6) is 0 Å². The van der Waals surface area contributed by atoms with Crippen molar-refractivity contribution in [3.63, 3.8) is 0 Å². The maximum Gasteiger partial charge on any atom is 0.107 e. The van der Waals surface area contributed by atoms with Gasteiger partial charge in [-0.2, -0.15) is 0 Å². The maximum atomic E-state index is 10.5. The summed E-state index contributed by atoms with van der Waals surface area (Å²) in [5.74, 6) is 0. The molecule has 16 heavy (non-hydrogen) atoms. The second kappa shape index (κ2) is 4.78. The summed E-state index contributed by atoms with van der Waals surface area (Å²) in [4.78, 5) is 1.15. The molecular formula is C13H15NOS. The van der Waals surface area contributed by atoms with E-state index in [0.29, 0.717) is 6.42 Å². The van der Waals surface area contributed by atoms with Crippen molar-refractivity contribution in [2.24, 2.45) is 5.73 Å². The highest BCUT2D eigenvalue weighted by atomic mass is 32.1. The Balaban J connectivity index is 2.26. The number of hydrogen-bond acceptors (Lipinski definition) is 3. The van der Waals surface area contributed by atoms with Gasteiger partial charge in [0, 0.05) is 17.8 Å². The molecule has 1 aromatic heterocycles. The van der Waals surface area contributed by atoms with E-state index in [-0.39, 0.29) is 6.54 Å². The van der Waals surface area contributed by atoms with Crippen LogP contribution in [-0.2, 0) is 12.0 Å². The summed E-state index contributed by atoms with van der Waals surface area (Å²) in [7, 11) is 0. The average Bonchev–Trinajstić information content (AvgIpc) is 2.83. The molecule has 1 aromatic carbocycles. The van der Waals surface area contributed by atoms with Gasteiger partial charge in [-0.15, -0.1) is 11.3 Å². The zero-order valence-corrected chi connectivity index (χ0v) is 9.78. The lowest BCUT2D eigenvalue weighted by Gasteiger charge is -2.26. The third-order valence-electron chi connectivity index (χ3n) is 2.70. The molecule has 0 saturated heterocycles. The largest absolute Gasteiger partial charge is 0.383 e. The fourth-order valence-corrected chi connectivity index (χ4v) is 2.55. The lowest BCUT2D eigenvalue weighted by molar-refractivity contribution is 0.0471. The Hall–Kier alpha value is -1.16. The molecular weight excluding hydrogens is 218 g/mol. The van der Waals surface area contributed by atoms with Gasteiger partial charge in [-0.1, -0.05) is 36.4 Å². The molecule has 0 fully saturated rings. The van der Waals surface area contributed by atoms with Crippen molar-refractivity contribution in [3.05, 3.63) is 58.3 Å². The predicted molar refractivity (Wildman–Crippen MR) is 67.4 cm³/mol. The Morgan fingerprint density at radius 2 is 1.88 bits per heavy atom. The van der Waals surface area contributed by atoms with Crippen LogP contribution in [0.1, 0.15) is 10.4 Å². The minimum atomic E-state index is -0.952. The third kappa shape index (κ3) is 2.32. The van der Waals surface area contributed by atoms with Crippen LogP contribution in [0.3, 0.4) is 0 Å². The number of nitrogens with two attached hydrogens (primary N) is 1. The smallest absolute Gasteiger partial charge is 0.107 e. The summed E-state index contributed by atoms with van der Waals surface area (Å²) >= 11 is 1.64. The summed E-state index contributed by atoms with van der Waals surface area (Å²) < 4.78 is 0. The Labute approximate surface area is 99.4 Å². The molecule has 0 saturated carbocycles. The lowest BCUT2D eigenvalue weighted by Crippen LogP contribution is -2.36. The van der Waals surface area contributed by atoms with E-state index < -0.39 is 5.60 Å². The SMILES string of the molecule is NCC(O)(Cc1cccs1)c1ccccc1. The summed E-state index contributed by atoms with van der Waals surface area (Å²) in [6, 6.07) is 13.6. The van der Waals surface area contributed by atoms with Crippen LogP contribution in [0.2, 0.25) is 0 Å². The maximum absolute atomic E-state index is 10.5. The molecule has 3 N–H and O–H groups in total. The van der Waals surface area contributed by atoms with Gasteiger partial charge in [-0.3, -0.25) is 0 Å². The first kappa shape index (κ1) is 11.3. The first-order chi connectivity index (χ1) is 7.74. The second-order valence-corrected chi connectivity index (χ2v) is 4.89. The van der Waals surface area contributed by atoms with Crippen molar-refractivity contribution in [3.8, 4) is 0 Å². The highest BCUT2D eigenvalue weighted by Gasteiger charge is 2.27. The molecule has 0 aliphatic heterocycles. The van der Waals surface area contributed by atoms with E-state index in [0.717, 1.165) is 10.4 Å². The topological polar surface area (TPSA) is 46.2 Å². The molecule has 2 nitrogen and oxygen atoms in total. The van der Waals surface area contributed by atoms with E-state index in [4.69, 9.17) is 5.73 Å². The molecule has 0 spiro atoms. The van der Waals surface area contributed by atoms with E-state index in [1.165, 1.54) is 0 Å². The average molecular weight is 233 g/mol. The van der Waals surface area contributed by atoms with Gasteiger partial charge >= 0.3 is 0 Å². The van der Waals surface area contributed by atoms with Gasteiger partial charge in [-0.05, 0) is 17.0 Å². The van der Waals surface area contributed by atoms with Gasteiger partial charge < -0.3 is 10.8 Å². The number of aliphatic hydroxyl groups is 1. The minimum Gasteiger partial charge on any atom is -0.383 e. The molecule has 84 valence electrons.